The SMILES string of the molecule is COc1ccc(C23C4=C5c6c7c8c9c%10c%11c%12c(c2c2c%13c3c3c%14c%15c(c%16c6c6c8c8c9c9c%11c%11c%17c%12c2c2c%12c%13c%14c%13c%14c%15c%15c%16c6c6c8c8c9c%11c9c(c2%17)c(c%12%13)c2c%14c%15c6c8c29)C53c2ccc(OC)cc2)C%102CC472)cc1. The minimum atomic E-state index is -0.519. The van der Waals surface area contributed by atoms with Crippen LogP contribution in [0.5, 0.6) is 11.5 Å². The van der Waals surface area contributed by atoms with Crippen molar-refractivity contribution in [2.24, 2.45) is 0 Å². The molecule has 0 N–H and O–H groups in total. The highest BCUT2D eigenvalue weighted by molar-refractivity contribution is 6.79. The normalized spacial score (nSPS) is 25.9. The zero-order valence-electron chi connectivity index (χ0n) is 40.1. The lowest BCUT2D eigenvalue weighted by Crippen LogP contribution is -2.49. The molecule has 35 rings (SSSR count). The van der Waals surface area contributed by atoms with E-state index in [2.05, 4.69) is 48.5 Å². The average Bonchev–Trinajstić information content (AvgIpc) is 1.49. The van der Waals surface area contributed by atoms with E-state index in [9.17, 15) is 0 Å². The highest BCUT2D eigenvalue weighted by Crippen LogP contribution is 2.95. The van der Waals surface area contributed by atoms with Crippen LogP contribution in [-0.2, 0) is 21.7 Å². The predicted molar refractivity (Wildman–Crippen MR) is 315 cm³/mol. The first-order chi connectivity index (χ1) is 38.3. The van der Waals surface area contributed by atoms with E-state index in [0.717, 1.165) is 11.5 Å². The van der Waals surface area contributed by atoms with Crippen LogP contribution < -0.4 is 9.47 Å². The summed E-state index contributed by atoms with van der Waals surface area (Å²) in [6, 6.07) is 19.6. The Bertz CT molecular complexity index is 7780. The van der Waals surface area contributed by atoms with Gasteiger partial charge in [-0.15, -0.1) is 0 Å². The smallest absolute Gasteiger partial charge is 0.118 e. The summed E-state index contributed by atoms with van der Waals surface area (Å²) in [5.74, 6) is 1.89. The van der Waals surface area contributed by atoms with Crippen LogP contribution in [-0.4, -0.2) is 14.2 Å². The lowest BCUT2D eigenvalue weighted by atomic mass is 9.47. The Labute approximate surface area is 424 Å². The zero-order chi connectivity index (χ0) is 46.4. The average molecular weight is 949 g/mol. The molecule has 0 aromatic heterocycles. The number of rotatable bonds is 4. The molecule has 26 aromatic rings. The Balaban J connectivity index is 1.11. The summed E-state index contributed by atoms with van der Waals surface area (Å²) in [4.78, 5) is 0. The van der Waals surface area contributed by atoms with Crippen molar-refractivity contribution in [2.45, 2.75) is 28.1 Å². The van der Waals surface area contributed by atoms with E-state index in [1.165, 1.54) is 17.5 Å². The summed E-state index contributed by atoms with van der Waals surface area (Å²) in [7, 11) is 3.72. The molecule has 0 bridgehead atoms. The lowest BCUT2D eigenvalue weighted by molar-refractivity contribution is 0.414. The van der Waals surface area contributed by atoms with Crippen molar-refractivity contribution in [3.63, 3.8) is 0 Å². The van der Waals surface area contributed by atoms with Gasteiger partial charge in [0.15, 0.2) is 0 Å². The van der Waals surface area contributed by atoms with Gasteiger partial charge in [0, 0.05) is 10.8 Å². The summed E-state index contributed by atoms with van der Waals surface area (Å²) in [6.07, 6.45) is 1.18. The summed E-state index contributed by atoms with van der Waals surface area (Å²) in [6.45, 7) is 0. The third-order valence-corrected chi connectivity index (χ3v) is 27.9. The molecule has 1 fully saturated rings. The number of ether oxygens (including phenoxy) is 2. The largest absolute Gasteiger partial charge is 0.497 e. The third-order valence-electron chi connectivity index (χ3n) is 27.9. The second-order valence-electron chi connectivity index (χ2n) is 27.9. The minimum absolute atomic E-state index is 0.134. The quantitative estimate of drug-likeness (QED) is 0.164. The van der Waals surface area contributed by atoms with Gasteiger partial charge in [-0.3, -0.25) is 0 Å². The minimum Gasteiger partial charge on any atom is -0.497 e. The maximum atomic E-state index is 6.16. The molecule has 0 saturated heterocycles. The highest BCUT2D eigenvalue weighted by Gasteiger charge is 2.87. The number of allylic oxidation sites excluding steroid dienone is 2. The van der Waals surface area contributed by atoms with Gasteiger partial charge in [-0.05, 0) is 345 Å². The van der Waals surface area contributed by atoms with Gasteiger partial charge in [0.25, 0.3) is 0 Å². The molecular weight excluding hydrogens is 933 g/mol. The van der Waals surface area contributed by atoms with E-state index in [1.54, 1.807) is 303 Å². The Hall–Kier alpha value is -9.24. The molecule has 0 aliphatic heterocycles. The summed E-state index contributed by atoms with van der Waals surface area (Å²) in [5.41, 5.74) is 18.8. The molecule has 328 valence electrons. The second-order valence-corrected chi connectivity index (χ2v) is 27.9. The number of hydrogen-bond acceptors (Lipinski definition) is 2. The van der Waals surface area contributed by atoms with Gasteiger partial charge in [-0.2, -0.15) is 0 Å². The first kappa shape index (κ1) is 29.7. The van der Waals surface area contributed by atoms with Crippen molar-refractivity contribution in [1.82, 2.24) is 0 Å². The summed E-state index contributed by atoms with van der Waals surface area (Å²) >= 11 is 0. The molecular formula is C75H16O2. The highest BCUT2D eigenvalue weighted by atomic mass is 16.5. The van der Waals surface area contributed by atoms with E-state index in [0.29, 0.717) is 0 Å². The predicted octanol–water partition coefficient (Wildman–Crippen LogP) is 18.2. The molecule has 2 nitrogen and oxygen atoms in total. The van der Waals surface area contributed by atoms with Crippen molar-refractivity contribution in [1.29, 1.82) is 0 Å². The summed E-state index contributed by atoms with van der Waals surface area (Å²) < 4.78 is 12.3. The van der Waals surface area contributed by atoms with E-state index < -0.39 is 10.8 Å². The molecule has 1 saturated carbocycles. The van der Waals surface area contributed by atoms with E-state index >= 15 is 0 Å². The molecule has 0 heterocycles. The molecule has 9 aliphatic carbocycles. The molecule has 0 amide bonds. The molecule has 26 aromatic carbocycles. The standard InChI is InChI=1S/C75H16O2/c1-76-14-7-3-12(4-8-14)74-65-53-43-38-26-22-17-16-18-20-21-19(16)25-27(22)39(43)47-33(25)35-31(21)37-36-30(20)34-32-24(18)28-23(17)29(26)41-45-40(28)44(32)56-58-48(34)49(36)60-61-51(37)50(35)59(57(47)65)68(74)69(61)75(13-5-9-15(77-2)10-6-13)67(60)66(58)72-11-73(72)64-55(54(45)63(56)72)46(41)42(38)52(53)62(64)70(74)71(73)75/h3-10H,11H2,1-2H3. The van der Waals surface area contributed by atoms with Gasteiger partial charge in [0.2, 0.25) is 0 Å². The number of hydrogen-bond donors (Lipinski definition) is 0. The van der Waals surface area contributed by atoms with Crippen LogP contribution in [0.15, 0.2) is 54.1 Å². The second kappa shape index (κ2) is 6.82. The Morgan fingerprint density at radius 1 is 0.247 bits per heavy atom. The topological polar surface area (TPSA) is 18.5 Å². The van der Waals surface area contributed by atoms with E-state index in [-0.39, 0.29) is 10.8 Å². The third kappa shape index (κ3) is 1.62. The van der Waals surface area contributed by atoms with Crippen LogP contribution in [0.3, 0.4) is 0 Å². The van der Waals surface area contributed by atoms with Crippen LogP contribution in [0.2, 0.25) is 0 Å². The molecule has 4 unspecified atom stereocenters. The zero-order valence-corrected chi connectivity index (χ0v) is 40.1. The van der Waals surface area contributed by atoms with Crippen molar-refractivity contribution in [2.75, 3.05) is 14.2 Å². The van der Waals surface area contributed by atoms with Crippen molar-refractivity contribution >= 4 is 253 Å². The Morgan fingerprint density at radius 2 is 0.519 bits per heavy atom. The number of benzene rings is 18. The molecule has 0 radical (unpaired) electrons. The van der Waals surface area contributed by atoms with Gasteiger partial charge in [-0.1, -0.05) is 24.3 Å². The fourth-order valence-electron chi connectivity index (χ4n) is 27.6. The van der Waals surface area contributed by atoms with E-state index in [1.807, 2.05) is 14.2 Å². The molecule has 77 heavy (non-hydrogen) atoms. The van der Waals surface area contributed by atoms with Crippen LogP contribution in [0.1, 0.15) is 62.1 Å². The van der Waals surface area contributed by atoms with Crippen LogP contribution in [0.4, 0.5) is 0 Å². The Kier molecular flexibility index (Phi) is 2.63. The van der Waals surface area contributed by atoms with Gasteiger partial charge in [0.1, 0.15) is 11.5 Å². The maximum absolute atomic E-state index is 6.16. The monoisotopic (exact) mass is 948 g/mol. The van der Waals surface area contributed by atoms with Crippen LogP contribution in [0, 0.1) is 0 Å². The van der Waals surface area contributed by atoms with Crippen molar-refractivity contribution in [3.05, 3.63) is 110 Å². The van der Waals surface area contributed by atoms with Gasteiger partial charge in [0.05, 0.1) is 25.0 Å². The lowest BCUT2D eigenvalue weighted by Gasteiger charge is -2.53. The van der Waals surface area contributed by atoms with Crippen molar-refractivity contribution < 1.29 is 9.47 Å². The fourth-order valence-corrected chi connectivity index (χ4v) is 27.6. The molecule has 4 atom stereocenters. The first-order valence-electron chi connectivity index (χ1n) is 28.6. The molecule has 2 heteroatoms. The van der Waals surface area contributed by atoms with Gasteiger partial charge >= 0.3 is 0 Å². The van der Waals surface area contributed by atoms with Crippen LogP contribution in [0.25, 0.3) is 253 Å². The van der Waals surface area contributed by atoms with Crippen molar-refractivity contribution in [3.8, 4) is 11.5 Å². The Morgan fingerprint density at radius 3 is 0.909 bits per heavy atom. The first-order valence-corrected chi connectivity index (χ1v) is 28.6. The van der Waals surface area contributed by atoms with Gasteiger partial charge < -0.3 is 9.47 Å². The molecule has 9 aliphatic rings. The maximum Gasteiger partial charge on any atom is 0.118 e. The molecule has 2 spiro atoms. The fraction of sp³-hybridized carbons (Fsp3) is 0.0933. The van der Waals surface area contributed by atoms with E-state index in [4.69, 9.17) is 9.47 Å². The number of methoxy groups -OCH3 is 2. The summed E-state index contributed by atoms with van der Waals surface area (Å²) in [5, 5.41) is 75.9. The van der Waals surface area contributed by atoms with Gasteiger partial charge in [-0.25, -0.2) is 0 Å². The van der Waals surface area contributed by atoms with Crippen LogP contribution >= 0.6 is 0 Å².